The Morgan fingerprint density at radius 3 is 2.39 bits per heavy atom. The molecule has 11 nitrogen and oxygen atoms in total. The molecule has 0 saturated carbocycles. The molecule has 3 aliphatic heterocycles. The van der Waals surface area contributed by atoms with Crippen molar-refractivity contribution in [2.75, 3.05) is 47.5 Å². The Labute approximate surface area is 315 Å². The predicted octanol–water partition coefficient (Wildman–Crippen LogP) is 7.00. The van der Waals surface area contributed by atoms with Crippen LogP contribution in [0, 0.1) is 11.3 Å². The topological polar surface area (TPSA) is 114 Å². The molecule has 1 N–H and O–H groups in total. The largest absolute Gasteiger partial charge is 0.494 e. The molecule has 0 aliphatic carbocycles. The molecule has 15 heteroatoms. The van der Waals surface area contributed by atoms with Crippen LogP contribution >= 0.6 is 12.2 Å². The summed E-state index contributed by atoms with van der Waals surface area (Å²) in [5.41, 5.74) is -0.462. The van der Waals surface area contributed by atoms with E-state index in [2.05, 4.69) is 27.0 Å². The molecule has 1 aromatic heterocycles. The van der Waals surface area contributed by atoms with Crippen molar-refractivity contribution in [1.82, 2.24) is 14.8 Å². The molecule has 0 unspecified atom stereocenters. The number of nitrogens with zero attached hydrogens (tertiary/aromatic N) is 6. The number of piperidine rings is 1. The van der Waals surface area contributed by atoms with Gasteiger partial charge in [-0.25, -0.2) is 4.79 Å². The summed E-state index contributed by atoms with van der Waals surface area (Å²) in [6, 6.07) is 19.7. The number of thiocarbonyl (C=S) groups is 1. The van der Waals surface area contributed by atoms with Gasteiger partial charge in [0.15, 0.2) is 5.11 Å². The normalized spacial score (nSPS) is 18.4. The van der Waals surface area contributed by atoms with Crippen molar-refractivity contribution in [3.05, 3.63) is 84.1 Å². The number of carbonyl (C=O) groups excluding carboxylic acids is 3. The van der Waals surface area contributed by atoms with Gasteiger partial charge in [0.05, 0.1) is 40.7 Å². The van der Waals surface area contributed by atoms with E-state index < -0.39 is 34.8 Å². The molecular formula is C39H38F3N7O4S. The van der Waals surface area contributed by atoms with Crippen LogP contribution in [0.2, 0.25) is 0 Å². The molecule has 54 heavy (non-hydrogen) atoms. The van der Waals surface area contributed by atoms with Gasteiger partial charge in [-0.2, -0.15) is 18.4 Å². The number of urea groups is 1. The predicted molar refractivity (Wildman–Crippen MR) is 202 cm³/mol. The lowest BCUT2D eigenvalue weighted by atomic mass is 10.0. The lowest BCUT2D eigenvalue weighted by molar-refractivity contribution is -0.137. The minimum absolute atomic E-state index is 0.0280. The number of likely N-dealkylation sites (tertiary alicyclic amines) is 1. The van der Waals surface area contributed by atoms with Gasteiger partial charge in [-0.15, -0.1) is 0 Å². The van der Waals surface area contributed by atoms with E-state index in [4.69, 9.17) is 17.0 Å². The summed E-state index contributed by atoms with van der Waals surface area (Å²) in [6.07, 6.45) is 0.378. The molecule has 4 amide bonds. The van der Waals surface area contributed by atoms with E-state index >= 15 is 0 Å². The SMILES string of the molecule is CC1(C)C(=O)N(c2ccc(C#N)c(C(F)(F)F)c2)C(=S)N1c1ccc(OCCCN2CCC(n3ccc4c(N5CCC(=O)NC5=O)cccc43)CC2)cc1. The molecule has 0 radical (unpaired) electrons. The smallest absolute Gasteiger partial charge is 0.417 e. The van der Waals surface area contributed by atoms with Crippen molar-refractivity contribution in [1.29, 1.82) is 5.26 Å². The molecule has 3 aromatic carbocycles. The Hall–Kier alpha value is -5.46. The molecule has 4 heterocycles. The highest BCUT2D eigenvalue weighted by Gasteiger charge is 2.50. The summed E-state index contributed by atoms with van der Waals surface area (Å²) in [5.74, 6) is -0.109. The van der Waals surface area contributed by atoms with E-state index in [0.29, 0.717) is 30.6 Å². The Bertz CT molecular complexity index is 2170. The average molecular weight is 758 g/mol. The molecular weight excluding hydrogens is 720 g/mol. The van der Waals surface area contributed by atoms with Crippen molar-refractivity contribution in [2.24, 2.45) is 0 Å². The van der Waals surface area contributed by atoms with E-state index in [-0.39, 0.29) is 23.1 Å². The van der Waals surface area contributed by atoms with Gasteiger partial charge in [0.2, 0.25) is 5.91 Å². The maximum absolute atomic E-state index is 13.7. The third-order valence-electron chi connectivity index (χ3n) is 10.4. The average Bonchev–Trinajstić information content (AvgIpc) is 3.65. The molecule has 0 spiro atoms. The Balaban J connectivity index is 0.916. The minimum atomic E-state index is -4.78. The first-order valence-corrected chi connectivity index (χ1v) is 18.1. The number of carbonyl (C=O) groups is 3. The number of nitriles is 1. The number of fused-ring (bicyclic) bond motifs is 1. The molecule has 3 fully saturated rings. The van der Waals surface area contributed by atoms with Crippen LogP contribution < -0.4 is 24.8 Å². The summed E-state index contributed by atoms with van der Waals surface area (Å²) in [5, 5.41) is 12.6. The van der Waals surface area contributed by atoms with Crippen molar-refractivity contribution in [3.8, 4) is 11.8 Å². The fourth-order valence-corrected chi connectivity index (χ4v) is 8.09. The number of nitrogens with one attached hydrogen (secondary N) is 1. The van der Waals surface area contributed by atoms with Crippen LogP contribution in [-0.4, -0.2) is 70.7 Å². The number of imide groups is 1. The van der Waals surface area contributed by atoms with Gasteiger partial charge in [-0.05, 0) is 106 Å². The maximum atomic E-state index is 13.7. The minimum Gasteiger partial charge on any atom is -0.494 e. The number of alkyl halides is 3. The van der Waals surface area contributed by atoms with Crippen molar-refractivity contribution >= 4 is 63.1 Å². The van der Waals surface area contributed by atoms with Gasteiger partial charge in [0.1, 0.15) is 11.3 Å². The van der Waals surface area contributed by atoms with Gasteiger partial charge in [-0.1, -0.05) is 6.07 Å². The molecule has 280 valence electrons. The van der Waals surface area contributed by atoms with Crippen LogP contribution in [0.4, 0.5) is 35.0 Å². The molecule has 3 aliphatic rings. The van der Waals surface area contributed by atoms with Crippen molar-refractivity contribution in [3.63, 3.8) is 0 Å². The molecule has 0 atom stereocenters. The van der Waals surface area contributed by atoms with E-state index in [9.17, 15) is 32.8 Å². The first kappa shape index (κ1) is 36.9. The maximum Gasteiger partial charge on any atom is 0.417 e. The van der Waals surface area contributed by atoms with Crippen molar-refractivity contribution < 1.29 is 32.3 Å². The highest BCUT2D eigenvalue weighted by Crippen LogP contribution is 2.40. The highest BCUT2D eigenvalue weighted by atomic mass is 32.1. The number of halogens is 3. The third kappa shape index (κ3) is 6.87. The lowest BCUT2D eigenvalue weighted by Gasteiger charge is -2.33. The van der Waals surface area contributed by atoms with E-state index in [1.807, 2.05) is 18.2 Å². The quantitative estimate of drug-likeness (QED) is 0.144. The number of hydrogen-bond acceptors (Lipinski definition) is 7. The summed E-state index contributed by atoms with van der Waals surface area (Å²) in [7, 11) is 0. The number of amides is 4. The van der Waals surface area contributed by atoms with Gasteiger partial charge >= 0.3 is 12.2 Å². The number of hydrogen-bond donors (Lipinski definition) is 1. The molecule has 7 rings (SSSR count). The second-order valence-electron chi connectivity index (χ2n) is 14.1. The van der Waals surface area contributed by atoms with Gasteiger partial charge < -0.3 is 19.1 Å². The zero-order valence-corrected chi connectivity index (χ0v) is 30.5. The van der Waals surface area contributed by atoms with Crippen LogP contribution in [0.3, 0.4) is 0 Å². The number of benzene rings is 3. The molecule has 4 aromatic rings. The summed E-state index contributed by atoms with van der Waals surface area (Å²) in [4.78, 5) is 44.4. The van der Waals surface area contributed by atoms with Crippen LogP contribution in [0.1, 0.15) is 56.7 Å². The second kappa shape index (κ2) is 14.4. The number of rotatable bonds is 9. The van der Waals surface area contributed by atoms with Crippen LogP contribution in [0.15, 0.2) is 72.9 Å². The van der Waals surface area contributed by atoms with Crippen LogP contribution in [0.25, 0.3) is 10.9 Å². The first-order valence-electron chi connectivity index (χ1n) is 17.7. The Morgan fingerprint density at radius 1 is 0.981 bits per heavy atom. The first-order chi connectivity index (χ1) is 25.8. The second-order valence-corrected chi connectivity index (χ2v) is 14.5. The van der Waals surface area contributed by atoms with E-state index in [0.717, 1.165) is 72.5 Å². The van der Waals surface area contributed by atoms with Crippen LogP contribution in [0.5, 0.6) is 5.75 Å². The van der Waals surface area contributed by atoms with Gasteiger partial charge in [0.25, 0.3) is 5.91 Å². The summed E-state index contributed by atoms with van der Waals surface area (Å²) >= 11 is 5.64. The zero-order chi connectivity index (χ0) is 38.4. The van der Waals surface area contributed by atoms with E-state index in [1.165, 1.54) is 6.07 Å². The molecule has 3 saturated heterocycles. The number of ether oxygens (including phenoxy) is 1. The summed E-state index contributed by atoms with van der Waals surface area (Å²) in [6.45, 7) is 6.93. The Kier molecular flexibility index (Phi) is 9.84. The molecule has 0 bridgehead atoms. The van der Waals surface area contributed by atoms with Gasteiger partial charge in [-0.3, -0.25) is 24.7 Å². The van der Waals surface area contributed by atoms with Crippen LogP contribution in [-0.2, 0) is 15.8 Å². The fraction of sp³-hybridized carbons (Fsp3) is 0.359. The Morgan fingerprint density at radius 2 is 1.70 bits per heavy atom. The summed E-state index contributed by atoms with van der Waals surface area (Å²) < 4.78 is 49.4. The third-order valence-corrected chi connectivity index (χ3v) is 10.7. The van der Waals surface area contributed by atoms with Crippen molar-refractivity contribution in [2.45, 2.75) is 57.3 Å². The monoisotopic (exact) mass is 757 g/mol. The number of anilines is 3. The number of aromatic nitrogens is 1. The standard InChI is InChI=1S/C39H38F3N7O4S/c1-38(2)35(51)48(28-8-7-25(24-43)31(23-28)39(40,41)42)37(54)49(38)27-9-11-29(12-10-27)53-22-4-17-45-18-13-26(14-19-45)46-20-15-30-32(46)5-3-6-33(30)47-21-16-34(50)44-36(47)52/h3,5-12,15,20,23,26H,4,13-14,16-19,21-22H2,1-2H3,(H,44,50,52). The zero-order valence-electron chi connectivity index (χ0n) is 29.7. The fourth-order valence-electron chi connectivity index (χ4n) is 7.57. The van der Waals surface area contributed by atoms with E-state index in [1.54, 1.807) is 54.0 Å². The van der Waals surface area contributed by atoms with Gasteiger partial charge in [0, 0.05) is 55.9 Å². The highest BCUT2D eigenvalue weighted by molar-refractivity contribution is 7.81. The lowest BCUT2D eigenvalue weighted by Crippen LogP contribution is -2.49.